The van der Waals surface area contributed by atoms with Gasteiger partial charge in [-0.15, -0.1) is 0 Å². The van der Waals surface area contributed by atoms with Crippen molar-refractivity contribution in [1.82, 2.24) is 9.97 Å². The van der Waals surface area contributed by atoms with E-state index in [1.54, 1.807) is 18.6 Å². The van der Waals surface area contributed by atoms with Crippen molar-refractivity contribution >= 4 is 5.82 Å². The van der Waals surface area contributed by atoms with Gasteiger partial charge in [0.15, 0.2) is 0 Å². The Morgan fingerprint density at radius 2 is 2.46 bits per heavy atom. The smallest absolute Gasteiger partial charge is 0.147 e. The maximum Gasteiger partial charge on any atom is 0.147 e. The van der Waals surface area contributed by atoms with Crippen molar-refractivity contribution in [3.63, 3.8) is 0 Å². The quantitative estimate of drug-likeness (QED) is 0.706. The monoisotopic (exact) mass is 178 g/mol. The Bertz CT molecular complexity index is 262. The average Bonchev–Trinajstić information content (AvgIpc) is 2.67. The van der Waals surface area contributed by atoms with Gasteiger partial charge in [-0.05, 0) is 18.9 Å². The minimum atomic E-state index is 0.627. The Kier molecular flexibility index (Phi) is 2.40. The van der Waals surface area contributed by atoms with Crippen molar-refractivity contribution in [1.29, 1.82) is 0 Å². The van der Waals surface area contributed by atoms with Crippen LogP contribution >= 0.6 is 0 Å². The molecule has 0 amide bonds. The maximum atomic E-state index is 5.61. The predicted molar refractivity (Wildman–Crippen MR) is 51.4 cm³/mol. The van der Waals surface area contributed by atoms with Gasteiger partial charge >= 0.3 is 0 Å². The van der Waals surface area contributed by atoms with Crippen LogP contribution in [0.2, 0.25) is 0 Å². The van der Waals surface area contributed by atoms with E-state index in [4.69, 9.17) is 5.73 Å². The zero-order valence-corrected chi connectivity index (χ0v) is 7.56. The lowest BCUT2D eigenvalue weighted by Crippen LogP contribution is -2.23. The van der Waals surface area contributed by atoms with Gasteiger partial charge in [0.1, 0.15) is 5.82 Å². The minimum absolute atomic E-state index is 0.627. The lowest BCUT2D eigenvalue weighted by Gasteiger charge is -2.15. The van der Waals surface area contributed by atoms with Crippen LogP contribution in [0.4, 0.5) is 5.82 Å². The van der Waals surface area contributed by atoms with E-state index >= 15 is 0 Å². The van der Waals surface area contributed by atoms with Crippen LogP contribution in [0.25, 0.3) is 0 Å². The van der Waals surface area contributed by atoms with Crippen molar-refractivity contribution in [3.8, 4) is 0 Å². The van der Waals surface area contributed by atoms with Crippen molar-refractivity contribution in [2.24, 2.45) is 11.7 Å². The molecule has 1 atom stereocenters. The molecular formula is C9H14N4. The summed E-state index contributed by atoms with van der Waals surface area (Å²) in [5, 5.41) is 0. The van der Waals surface area contributed by atoms with Gasteiger partial charge in [0.05, 0.1) is 6.20 Å². The normalized spacial score (nSPS) is 22.2. The molecule has 1 saturated heterocycles. The van der Waals surface area contributed by atoms with Crippen LogP contribution in [0.1, 0.15) is 6.42 Å². The van der Waals surface area contributed by atoms with Gasteiger partial charge < -0.3 is 10.6 Å². The highest BCUT2D eigenvalue weighted by molar-refractivity contribution is 5.36. The van der Waals surface area contributed by atoms with Crippen molar-refractivity contribution in [2.75, 3.05) is 24.5 Å². The molecule has 0 aliphatic carbocycles. The fraction of sp³-hybridized carbons (Fsp3) is 0.556. The number of rotatable bonds is 2. The van der Waals surface area contributed by atoms with E-state index in [0.717, 1.165) is 25.5 Å². The van der Waals surface area contributed by atoms with Crippen LogP contribution in [-0.2, 0) is 0 Å². The first kappa shape index (κ1) is 8.44. The Balaban J connectivity index is 2.04. The molecule has 2 N–H and O–H groups in total. The molecule has 1 aromatic heterocycles. The Morgan fingerprint density at radius 1 is 1.54 bits per heavy atom. The summed E-state index contributed by atoms with van der Waals surface area (Å²) in [5.41, 5.74) is 5.61. The van der Waals surface area contributed by atoms with Gasteiger partial charge in [0.25, 0.3) is 0 Å². The molecule has 2 rings (SSSR count). The van der Waals surface area contributed by atoms with E-state index in [0.29, 0.717) is 5.92 Å². The van der Waals surface area contributed by atoms with Crippen molar-refractivity contribution < 1.29 is 0 Å². The summed E-state index contributed by atoms with van der Waals surface area (Å²) in [7, 11) is 0. The Morgan fingerprint density at radius 3 is 3.08 bits per heavy atom. The third-order valence-electron chi connectivity index (χ3n) is 2.49. The molecule has 1 fully saturated rings. The first-order valence-electron chi connectivity index (χ1n) is 4.61. The number of hydrogen-bond acceptors (Lipinski definition) is 4. The molecule has 0 spiro atoms. The molecule has 1 aromatic rings. The van der Waals surface area contributed by atoms with Crippen molar-refractivity contribution in [2.45, 2.75) is 6.42 Å². The van der Waals surface area contributed by atoms with E-state index in [2.05, 4.69) is 14.9 Å². The number of nitrogens with two attached hydrogens (primary N) is 1. The van der Waals surface area contributed by atoms with E-state index in [-0.39, 0.29) is 0 Å². The second-order valence-corrected chi connectivity index (χ2v) is 3.40. The fourth-order valence-electron chi connectivity index (χ4n) is 1.69. The van der Waals surface area contributed by atoms with Crippen LogP contribution in [0.15, 0.2) is 18.6 Å². The molecule has 1 aliphatic heterocycles. The second-order valence-electron chi connectivity index (χ2n) is 3.40. The summed E-state index contributed by atoms with van der Waals surface area (Å²) >= 11 is 0. The van der Waals surface area contributed by atoms with Gasteiger partial charge in [-0.3, -0.25) is 4.98 Å². The molecule has 0 unspecified atom stereocenters. The highest BCUT2D eigenvalue weighted by Gasteiger charge is 2.21. The largest absolute Gasteiger partial charge is 0.355 e. The Labute approximate surface area is 77.8 Å². The number of nitrogens with zero attached hydrogens (tertiary/aromatic N) is 3. The van der Waals surface area contributed by atoms with Crippen LogP contribution in [-0.4, -0.2) is 29.6 Å². The predicted octanol–water partition coefficient (Wildman–Crippen LogP) is 0.262. The lowest BCUT2D eigenvalue weighted by molar-refractivity contribution is 0.602. The summed E-state index contributed by atoms with van der Waals surface area (Å²) in [6.07, 6.45) is 6.40. The lowest BCUT2D eigenvalue weighted by atomic mass is 10.1. The topological polar surface area (TPSA) is 55.0 Å². The third kappa shape index (κ3) is 1.78. The SMILES string of the molecule is NC[C@H]1CCN(c2cnccn2)C1. The molecule has 13 heavy (non-hydrogen) atoms. The molecule has 4 heteroatoms. The van der Waals surface area contributed by atoms with Crippen LogP contribution in [0, 0.1) is 5.92 Å². The number of anilines is 1. The van der Waals surface area contributed by atoms with Crippen LogP contribution < -0.4 is 10.6 Å². The van der Waals surface area contributed by atoms with Gasteiger partial charge in [-0.25, -0.2) is 4.98 Å². The first-order chi connectivity index (χ1) is 6.40. The maximum absolute atomic E-state index is 5.61. The van der Waals surface area contributed by atoms with E-state index in [1.807, 2.05) is 0 Å². The van der Waals surface area contributed by atoms with E-state index in [1.165, 1.54) is 6.42 Å². The molecule has 0 bridgehead atoms. The fourth-order valence-corrected chi connectivity index (χ4v) is 1.69. The second kappa shape index (κ2) is 3.70. The molecule has 0 radical (unpaired) electrons. The number of hydrogen-bond donors (Lipinski definition) is 1. The van der Waals surface area contributed by atoms with E-state index < -0.39 is 0 Å². The molecule has 0 saturated carbocycles. The Hall–Kier alpha value is -1.16. The summed E-state index contributed by atoms with van der Waals surface area (Å²) in [4.78, 5) is 10.5. The van der Waals surface area contributed by atoms with Gasteiger partial charge in [-0.2, -0.15) is 0 Å². The zero-order valence-electron chi connectivity index (χ0n) is 7.56. The van der Waals surface area contributed by atoms with Gasteiger partial charge in [0, 0.05) is 25.5 Å². The highest BCUT2D eigenvalue weighted by atomic mass is 15.2. The van der Waals surface area contributed by atoms with Crippen LogP contribution in [0.5, 0.6) is 0 Å². The molecule has 1 aliphatic rings. The summed E-state index contributed by atoms with van der Waals surface area (Å²) in [6.45, 7) is 2.85. The zero-order chi connectivity index (χ0) is 9.10. The third-order valence-corrected chi connectivity index (χ3v) is 2.49. The molecule has 2 heterocycles. The highest BCUT2D eigenvalue weighted by Crippen LogP contribution is 2.19. The average molecular weight is 178 g/mol. The minimum Gasteiger partial charge on any atom is -0.355 e. The van der Waals surface area contributed by atoms with E-state index in [9.17, 15) is 0 Å². The van der Waals surface area contributed by atoms with Gasteiger partial charge in [0.2, 0.25) is 0 Å². The summed E-state index contributed by atoms with van der Waals surface area (Å²) < 4.78 is 0. The van der Waals surface area contributed by atoms with Gasteiger partial charge in [-0.1, -0.05) is 0 Å². The van der Waals surface area contributed by atoms with Crippen LogP contribution in [0.3, 0.4) is 0 Å². The standard InChI is InChI=1S/C9H14N4/c10-5-8-1-4-13(7-8)9-6-11-2-3-12-9/h2-3,6,8H,1,4-5,7,10H2/t8-/m1/s1. The molecular weight excluding hydrogens is 164 g/mol. The first-order valence-corrected chi connectivity index (χ1v) is 4.61. The number of aromatic nitrogens is 2. The molecule has 0 aromatic carbocycles. The molecule has 4 nitrogen and oxygen atoms in total. The summed E-state index contributed by atoms with van der Waals surface area (Å²) in [5.74, 6) is 1.60. The summed E-state index contributed by atoms with van der Waals surface area (Å²) in [6, 6.07) is 0. The van der Waals surface area contributed by atoms with Crippen molar-refractivity contribution in [3.05, 3.63) is 18.6 Å². The molecule has 70 valence electrons.